The molecule has 1 atom stereocenters. The predicted octanol–water partition coefficient (Wildman–Crippen LogP) is 3.80. The molecular weight excluding hydrogens is 308 g/mol. The molecule has 2 rings (SSSR count). The van der Waals surface area contributed by atoms with Gasteiger partial charge in [-0.15, -0.1) is 0 Å². The topological polar surface area (TPSA) is 21.3 Å². The molecule has 0 fully saturated rings. The van der Waals surface area contributed by atoms with Gasteiger partial charge < -0.3 is 10.1 Å². The summed E-state index contributed by atoms with van der Waals surface area (Å²) in [5, 5.41) is 2.75. The molecule has 0 spiro atoms. The van der Waals surface area contributed by atoms with Crippen molar-refractivity contribution >= 4 is 28.3 Å². The number of ether oxygens (including phenoxy) is 1. The van der Waals surface area contributed by atoms with Gasteiger partial charge in [0, 0.05) is 22.6 Å². The summed E-state index contributed by atoms with van der Waals surface area (Å²) in [6.45, 7) is 6.28. The number of nitrogens with one attached hydrogen (secondary N) is 1. The summed E-state index contributed by atoms with van der Waals surface area (Å²) in [7, 11) is 0. The molecule has 82 valence electrons. The number of rotatable bonds is 0. The van der Waals surface area contributed by atoms with E-state index in [9.17, 15) is 4.39 Å². The van der Waals surface area contributed by atoms with Gasteiger partial charge >= 0.3 is 3.99 Å². The van der Waals surface area contributed by atoms with Crippen molar-refractivity contribution in [3.63, 3.8) is 0 Å². The largest absolute Gasteiger partial charge is 0.431 e. The van der Waals surface area contributed by atoms with Gasteiger partial charge in [-0.25, -0.2) is 0 Å². The van der Waals surface area contributed by atoms with Crippen molar-refractivity contribution in [3.8, 4) is 5.75 Å². The molecule has 1 heterocycles. The number of anilines is 1. The first-order chi connectivity index (χ1) is 6.80. The fourth-order valence-electron chi connectivity index (χ4n) is 1.68. The maximum Gasteiger partial charge on any atom is 0.382 e. The maximum atomic E-state index is 13.6. The molecule has 1 unspecified atom stereocenters. The van der Waals surface area contributed by atoms with E-state index in [4.69, 9.17) is 4.74 Å². The molecule has 4 heteroatoms. The van der Waals surface area contributed by atoms with E-state index in [0.29, 0.717) is 5.75 Å². The van der Waals surface area contributed by atoms with E-state index in [-0.39, 0.29) is 5.41 Å². The van der Waals surface area contributed by atoms with Crippen LogP contribution in [0.1, 0.15) is 26.3 Å². The van der Waals surface area contributed by atoms with Crippen molar-refractivity contribution in [1.82, 2.24) is 0 Å². The Morgan fingerprint density at radius 3 is 2.67 bits per heavy atom. The SMILES string of the molecule is CC(C)(C)c1cccc2c1NC(F)(I)O2. The Morgan fingerprint density at radius 2 is 2.07 bits per heavy atom. The lowest BCUT2D eigenvalue weighted by Crippen LogP contribution is -2.26. The standard InChI is InChI=1S/C11H13FINO/c1-10(2,3)7-5-4-6-8-9(7)14-11(12,13)15-8/h4-6,14H,1-3H3. The number of para-hydroxylation sites is 1. The highest BCUT2D eigenvalue weighted by Crippen LogP contribution is 2.45. The fraction of sp³-hybridized carbons (Fsp3) is 0.455. The zero-order chi connectivity index (χ0) is 11.3. The first-order valence-corrected chi connectivity index (χ1v) is 5.86. The summed E-state index contributed by atoms with van der Waals surface area (Å²) in [6.07, 6.45) is 0. The van der Waals surface area contributed by atoms with Crippen LogP contribution in [0.3, 0.4) is 0 Å². The van der Waals surface area contributed by atoms with Crippen LogP contribution < -0.4 is 10.1 Å². The summed E-state index contributed by atoms with van der Waals surface area (Å²) in [4.78, 5) is 0. The molecule has 0 bridgehead atoms. The van der Waals surface area contributed by atoms with Gasteiger partial charge in [-0.05, 0) is 17.0 Å². The number of alkyl halides is 2. The Labute approximate surface area is 102 Å². The highest BCUT2D eigenvalue weighted by molar-refractivity contribution is 14.1. The summed E-state index contributed by atoms with van der Waals surface area (Å²) in [5.74, 6) is 0.583. The number of benzene rings is 1. The lowest BCUT2D eigenvalue weighted by molar-refractivity contribution is 0.0931. The molecule has 0 aliphatic carbocycles. The molecule has 0 amide bonds. The normalized spacial score (nSPS) is 24.3. The van der Waals surface area contributed by atoms with Crippen LogP contribution in [0.2, 0.25) is 0 Å². The second-order valence-corrected chi connectivity index (χ2v) is 6.06. The van der Waals surface area contributed by atoms with E-state index in [2.05, 4.69) is 26.1 Å². The Bertz CT molecular complexity index is 398. The highest BCUT2D eigenvalue weighted by atomic mass is 127. The van der Waals surface area contributed by atoms with Crippen molar-refractivity contribution in [1.29, 1.82) is 0 Å². The molecular formula is C11H13FINO. The minimum Gasteiger partial charge on any atom is -0.431 e. The Morgan fingerprint density at radius 1 is 1.40 bits per heavy atom. The summed E-state index contributed by atoms with van der Waals surface area (Å²) in [6, 6.07) is 5.66. The van der Waals surface area contributed by atoms with E-state index < -0.39 is 3.99 Å². The average Bonchev–Trinajstić information content (AvgIpc) is 2.35. The average molecular weight is 321 g/mol. The second kappa shape index (κ2) is 3.23. The third kappa shape index (κ3) is 2.04. The van der Waals surface area contributed by atoms with Gasteiger partial charge in [0.1, 0.15) is 5.75 Å². The van der Waals surface area contributed by atoms with Gasteiger partial charge in [0.15, 0.2) is 0 Å². The van der Waals surface area contributed by atoms with Gasteiger partial charge in [0.2, 0.25) is 0 Å². The van der Waals surface area contributed by atoms with Crippen LogP contribution in [-0.4, -0.2) is 3.99 Å². The maximum absolute atomic E-state index is 13.6. The van der Waals surface area contributed by atoms with E-state index in [0.717, 1.165) is 11.3 Å². The van der Waals surface area contributed by atoms with Crippen LogP contribution in [0.15, 0.2) is 18.2 Å². The summed E-state index contributed by atoms with van der Waals surface area (Å²) < 4.78 is 16.9. The van der Waals surface area contributed by atoms with Gasteiger partial charge in [0.05, 0.1) is 5.69 Å². The summed E-state index contributed by atoms with van der Waals surface area (Å²) in [5.41, 5.74) is 1.80. The van der Waals surface area contributed by atoms with Crippen LogP contribution in [0.5, 0.6) is 5.75 Å². The third-order valence-corrected chi connectivity index (χ3v) is 2.83. The lowest BCUT2D eigenvalue weighted by atomic mass is 9.85. The van der Waals surface area contributed by atoms with Crippen molar-refractivity contribution in [2.24, 2.45) is 0 Å². The molecule has 0 saturated heterocycles. The van der Waals surface area contributed by atoms with Crippen LogP contribution in [0.25, 0.3) is 0 Å². The monoisotopic (exact) mass is 321 g/mol. The molecule has 1 aliphatic heterocycles. The Hall–Kier alpha value is -0.520. The minimum atomic E-state index is -1.82. The number of halogens is 2. The van der Waals surface area contributed by atoms with Gasteiger partial charge in [-0.1, -0.05) is 32.9 Å². The summed E-state index contributed by atoms with van der Waals surface area (Å²) >= 11 is 1.61. The van der Waals surface area contributed by atoms with E-state index >= 15 is 0 Å². The van der Waals surface area contributed by atoms with Crippen LogP contribution in [-0.2, 0) is 5.41 Å². The van der Waals surface area contributed by atoms with Crippen molar-refractivity contribution < 1.29 is 9.13 Å². The van der Waals surface area contributed by atoms with Crippen molar-refractivity contribution in [3.05, 3.63) is 23.8 Å². The molecule has 2 nitrogen and oxygen atoms in total. The lowest BCUT2D eigenvalue weighted by Gasteiger charge is -2.21. The minimum absolute atomic E-state index is 0.0290. The fourth-order valence-corrected chi connectivity index (χ4v) is 2.19. The molecule has 15 heavy (non-hydrogen) atoms. The molecule has 1 aliphatic rings. The smallest absolute Gasteiger partial charge is 0.382 e. The van der Waals surface area contributed by atoms with Gasteiger partial charge in [-0.2, -0.15) is 4.39 Å². The van der Waals surface area contributed by atoms with Crippen molar-refractivity contribution in [2.75, 3.05) is 5.32 Å². The third-order valence-electron chi connectivity index (χ3n) is 2.34. The molecule has 0 saturated carbocycles. The first-order valence-electron chi connectivity index (χ1n) is 4.78. The van der Waals surface area contributed by atoms with Crippen molar-refractivity contribution in [2.45, 2.75) is 30.2 Å². The van der Waals surface area contributed by atoms with E-state index in [1.807, 2.05) is 12.1 Å². The van der Waals surface area contributed by atoms with Crippen LogP contribution >= 0.6 is 22.6 Å². The van der Waals surface area contributed by atoms with E-state index in [1.165, 1.54) is 0 Å². The highest BCUT2D eigenvalue weighted by Gasteiger charge is 2.38. The Balaban J connectivity index is 2.51. The first kappa shape index (κ1) is 11.0. The van der Waals surface area contributed by atoms with Crippen LogP contribution in [0.4, 0.5) is 10.1 Å². The number of hydrogen-bond donors (Lipinski definition) is 1. The van der Waals surface area contributed by atoms with Gasteiger partial charge in [-0.3, -0.25) is 0 Å². The quantitative estimate of drug-likeness (QED) is 0.446. The van der Waals surface area contributed by atoms with E-state index in [1.54, 1.807) is 28.7 Å². The predicted molar refractivity (Wildman–Crippen MR) is 67.3 cm³/mol. The molecule has 1 aromatic rings. The zero-order valence-corrected chi connectivity index (χ0v) is 11.1. The number of fused-ring (bicyclic) bond motifs is 1. The van der Waals surface area contributed by atoms with Crippen LogP contribution in [0, 0.1) is 0 Å². The Kier molecular flexibility index (Phi) is 2.37. The molecule has 0 radical (unpaired) electrons. The second-order valence-electron chi connectivity index (χ2n) is 4.67. The zero-order valence-electron chi connectivity index (χ0n) is 8.90. The van der Waals surface area contributed by atoms with Gasteiger partial charge in [0.25, 0.3) is 0 Å². The molecule has 1 N–H and O–H groups in total. The molecule has 0 aromatic heterocycles. The number of hydrogen-bond acceptors (Lipinski definition) is 2. The molecule has 1 aromatic carbocycles.